The van der Waals surface area contributed by atoms with E-state index in [0.29, 0.717) is 18.4 Å². The maximum Gasteiger partial charge on any atom is 0.233 e. The van der Waals surface area contributed by atoms with Gasteiger partial charge in [0.25, 0.3) is 0 Å². The fraction of sp³-hybridized carbons (Fsp3) is 0.600. The largest absolute Gasteiger partial charge is 0.497 e. The van der Waals surface area contributed by atoms with Gasteiger partial charge in [0.15, 0.2) is 0 Å². The maximum absolute atomic E-state index is 13.1. The van der Waals surface area contributed by atoms with E-state index in [-0.39, 0.29) is 17.2 Å². The van der Waals surface area contributed by atoms with Crippen LogP contribution in [-0.2, 0) is 15.0 Å². The third kappa shape index (κ3) is 3.37. The van der Waals surface area contributed by atoms with Crippen LogP contribution < -0.4 is 10.1 Å². The standard InChI is InChI=1S/C20H26N2O3/c1-25-17-6-2-15(3-7-17)20(9-10-20)19(24)22-11-8-14(13-22)12-18(23)21-16-4-5-16/h2-3,6-7,14,16H,4-5,8-13H2,1H3,(H,21,23). The Morgan fingerprint density at radius 2 is 1.92 bits per heavy atom. The lowest BCUT2D eigenvalue weighted by Crippen LogP contribution is -2.38. The Bertz CT molecular complexity index is 662. The van der Waals surface area contributed by atoms with Crippen LogP contribution in [0.1, 0.15) is 44.1 Å². The lowest BCUT2D eigenvalue weighted by Gasteiger charge is -2.24. The molecule has 0 aromatic heterocycles. The first kappa shape index (κ1) is 16.4. The number of methoxy groups -OCH3 is 1. The SMILES string of the molecule is COc1ccc(C2(C(=O)N3CCC(CC(=O)NC4CC4)C3)CC2)cc1. The average Bonchev–Trinajstić information content (AvgIpc) is 3.54. The molecule has 1 aromatic carbocycles. The predicted octanol–water partition coefficient (Wildman–Crippen LogP) is 2.24. The van der Waals surface area contributed by atoms with Crippen molar-refractivity contribution in [3.05, 3.63) is 29.8 Å². The molecule has 0 spiro atoms. The summed E-state index contributed by atoms with van der Waals surface area (Å²) >= 11 is 0. The third-order valence-electron chi connectivity index (χ3n) is 5.79. The number of hydrogen-bond acceptors (Lipinski definition) is 3. The van der Waals surface area contributed by atoms with Gasteiger partial charge >= 0.3 is 0 Å². The predicted molar refractivity (Wildman–Crippen MR) is 94.4 cm³/mol. The number of ether oxygens (including phenoxy) is 1. The summed E-state index contributed by atoms with van der Waals surface area (Å²) in [5.41, 5.74) is 0.755. The molecule has 0 radical (unpaired) electrons. The topological polar surface area (TPSA) is 58.6 Å². The van der Waals surface area contributed by atoms with Crippen molar-refractivity contribution in [2.75, 3.05) is 20.2 Å². The van der Waals surface area contributed by atoms with Gasteiger partial charge in [0.1, 0.15) is 5.75 Å². The number of hydrogen-bond donors (Lipinski definition) is 1. The quantitative estimate of drug-likeness (QED) is 0.863. The molecule has 25 heavy (non-hydrogen) atoms. The first-order valence-corrected chi connectivity index (χ1v) is 9.34. The number of likely N-dealkylation sites (tertiary alicyclic amines) is 1. The van der Waals surface area contributed by atoms with Gasteiger partial charge < -0.3 is 15.0 Å². The van der Waals surface area contributed by atoms with Crippen LogP contribution >= 0.6 is 0 Å². The van der Waals surface area contributed by atoms with Gasteiger partial charge in [-0.25, -0.2) is 0 Å². The van der Waals surface area contributed by atoms with E-state index in [0.717, 1.165) is 56.5 Å². The molecule has 134 valence electrons. The van der Waals surface area contributed by atoms with Crippen LogP contribution in [0.15, 0.2) is 24.3 Å². The summed E-state index contributed by atoms with van der Waals surface area (Å²) in [6, 6.07) is 8.30. The monoisotopic (exact) mass is 342 g/mol. The number of carbonyl (C=O) groups is 2. The summed E-state index contributed by atoms with van der Waals surface area (Å²) in [5, 5.41) is 3.05. The first-order chi connectivity index (χ1) is 12.1. The zero-order chi connectivity index (χ0) is 17.4. The highest BCUT2D eigenvalue weighted by atomic mass is 16.5. The van der Waals surface area contributed by atoms with Crippen LogP contribution in [0.4, 0.5) is 0 Å². The van der Waals surface area contributed by atoms with E-state index in [1.54, 1.807) is 7.11 Å². The molecule has 0 bridgehead atoms. The minimum Gasteiger partial charge on any atom is -0.497 e. The van der Waals surface area contributed by atoms with Crippen molar-refractivity contribution >= 4 is 11.8 Å². The molecule has 1 unspecified atom stereocenters. The Morgan fingerprint density at radius 1 is 1.20 bits per heavy atom. The van der Waals surface area contributed by atoms with Crippen molar-refractivity contribution in [3.63, 3.8) is 0 Å². The van der Waals surface area contributed by atoms with Gasteiger partial charge in [-0.3, -0.25) is 9.59 Å². The van der Waals surface area contributed by atoms with Gasteiger partial charge in [-0.2, -0.15) is 0 Å². The van der Waals surface area contributed by atoms with Gasteiger partial charge in [0.2, 0.25) is 11.8 Å². The van der Waals surface area contributed by atoms with Crippen LogP contribution in [0.2, 0.25) is 0 Å². The van der Waals surface area contributed by atoms with E-state index in [2.05, 4.69) is 5.32 Å². The molecule has 2 amide bonds. The molecule has 1 heterocycles. The second-order valence-electron chi connectivity index (χ2n) is 7.76. The van der Waals surface area contributed by atoms with Crippen molar-refractivity contribution in [2.45, 2.75) is 50.0 Å². The van der Waals surface area contributed by atoms with Gasteiger partial charge in [-0.1, -0.05) is 12.1 Å². The molecular formula is C20H26N2O3. The number of carbonyl (C=O) groups excluding carboxylic acids is 2. The second kappa shape index (κ2) is 6.36. The number of amides is 2. The summed E-state index contributed by atoms with van der Waals surface area (Å²) in [6.45, 7) is 1.49. The van der Waals surface area contributed by atoms with Crippen molar-refractivity contribution < 1.29 is 14.3 Å². The molecule has 1 aliphatic heterocycles. The van der Waals surface area contributed by atoms with Crippen molar-refractivity contribution in [1.82, 2.24) is 10.2 Å². The summed E-state index contributed by atoms with van der Waals surface area (Å²) in [7, 11) is 1.65. The molecule has 1 saturated heterocycles. The highest BCUT2D eigenvalue weighted by molar-refractivity contribution is 5.91. The Labute approximate surface area is 148 Å². The van der Waals surface area contributed by atoms with Gasteiger partial charge in [-0.05, 0) is 55.7 Å². The van der Waals surface area contributed by atoms with Crippen LogP contribution in [0.5, 0.6) is 5.75 Å². The highest BCUT2D eigenvalue weighted by Crippen LogP contribution is 2.50. The summed E-state index contributed by atoms with van der Waals surface area (Å²) in [4.78, 5) is 27.1. The zero-order valence-electron chi connectivity index (χ0n) is 14.8. The molecular weight excluding hydrogens is 316 g/mol. The minimum absolute atomic E-state index is 0.151. The molecule has 1 aromatic rings. The van der Waals surface area contributed by atoms with E-state index in [4.69, 9.17) is 4.74 Å². The van der Waals surface area contributed by atoms with Crippen LogP contribution in [-0.4, -0.2) is 43.0 Å². The molecule has 5 heteroatoms. The number of nitrogens with one attached hydrogen (secondary N) is 1. The molecule has 2 saturated carbocycles. The normalized spacial score (nSPS) is 24.0. The maximum atomic E-state index is 13.1. The van der Waals surface area contributed by atoms with E-state index in [9.17, 15) is 9.59 Å². The van der Waals surface area contributed by atoms with E-state index in [1.165, 1.54) is 0 Å². The molecule has 1 atom stereocenters. The lowest BCUT2D eigenvalue weighted by atomic mass is 9.94. The Kier molecular flexibility index (Phi) is 4.18. The third-order valence-corrected chi connectivity index (χ3v) is 5.79. The fourth-order valence-electron chi connectivity index (χ4n) is 3.92. The molecule has 3 fully saturated rings. The second-order valence-corrected chi connectivity index (χ2v) is 7.76. The Balaban J connectivity index is 1.36. The highest BCUT2D eigenvalue weighted by Gasteiger charge is 2.53. The number of nitrogens with zero attached hydrogens (tertiary/aromatic N) is 1. The number of rotatable bonds is 6. The zero-order valence-corrected chi connectivity index (χ0v) is 14.8. The van der Waals surface area contributed by atoms with Gasteiger partial charge in [-0.15, -0.1) is 0 Å². The van der Waals surface area contributed by atoms with Crippen molar-refractivity contribution in [2.24, 2.45) is 5.92 Å². The first-order valence-electron chi connectivity index (χ1n) is 9.34. The fourth-order valence-corrected chi connectivity index (χ4v) is 3.92. The van der Waals surface area contributed by atoms with E-state index < -0.39 is 0 Å². The summed E-state index contributed by atoms with van der Waals surface area (Å²) in [5.74, 6) is 1.50. The van der Waals surface area contributed by atoms with Crippen molar-refractivity contribution in [1.29, 1.82) is 0 Å². The van der Waals surface area contributed by atoms with Gasteiger partial charge in [0.05, 0.1) is 12.5 Å². The average molecular weight is 342 g/mol. The molecule has 3 aliphatic rings. The van der Waals surface area contributed by atoms with E-state index in [1.807, 2.05) is 29.2 Å². The van der Waals surface area contributed by atoms with Crippen LogP contribution in [0, 0.1) is 5.92 Å². The molecule has 5 nitrogen and oxygen atoms in total. The van der Waals surface area contributed by atoms with Crippen LogP contribution in [0.3, 0.4) is 0 Å². The van der Waals surface area contributed by atoms with Crippen LogP contribution in [0.25, 0.3) is 0 Å². The minimum atomic E-state index is -0.336. The molecule has 4 rings (SSSR count). The van der Waals surface area contributed by atoms with Crippen molar-refractivity contribution in [3.8, 4) is 5.75 Å². The smallest absolute Gasteiger partial charge is 0.233 e. The summed E-state index contributed by atoms with van der Waals surface area (Å²) < 4.78 is 5.21. The van der Waals surface area contributed by atoms with E-state index >= 15 is 0 Å². The number of benzene rings is 1. The lowest BCUT2D eigenvalue weighted by molar-refractivity contribution is -0.133. The Hall–Kier alpha value is -2.04. The molecule has 2 aliphatic carbocycles. The molecule has 1 N–H and O–H groups in total. The van der Waals surface area contributed by atoms with Gasteiger partial charge in [0, 0.05) is 25.6 Å². The summed E-state index contributed by atoms with van der Waals surface area (Å²) in [6.07, 6.45) is 5.55. The Morgan fingerprint density at radius 3 is 2.52 bits per heavy atom.